The van der Waals surface area contributed by atoms with Crippen molar-refractivity contribution in [2.75, 3.05) is 28.4 Å². The molecule has 4 aromatic carbocycles. The number of phenols is 4. The van der Waals surface area contributed by atoms with Crippen LogP contribution in [0.25, 0.3) is 0 Å². The zero-order valence-corrected chi connectivity index (χ0v) is 28.3. The highest BCUT2D eigenvalue weighted by atomic mass is 16.5. The molecule has 1 aliphatic carbocycles. The van der Waals surface area contributed by atoms with Crippen LogP contribution in [0.15, 0.2) is 96.1 Å². The predicted octanol–water partition coefficient (Wildman–Crippen LogP) is 7.89. The molecule has 1 fully saturated rings. The average molecular weight is 681 g/mol. The Morgan fingerprint density at radius 2 is 0.960 bits per heavy atom. The Morgan fingerprint density at radius 1 is 0.560 bits per heavy atom. The molecule has 0 bridgehead atoms. The van der Waals surface area contributed by atoms with Crippen LogP contribution in [-0.4, -0.2) is 48.9 Å². The Hall–Kier alpha value is -5.32. The van der Waals surface area contributed by atoms with Crippen molar-refractivity contribution < 1.29 is 48.8 Å². The number of ether oxygens (including phenoxy) is 6. The summed E-state index contributed by atoms with van der Waals surface area (Å²) >= 11 is 0. The van der Waals surface area contributed by atoms with Crippen LogP contribution in [0, 0.1) is 5.41 Å². The average Bonchev–Trinajstić information content (AvgIpc) is 3.64. The van der Waals surface area contributed by atoms with Gasteiger partial charge in [-0.15, -0.1) is 0 Å². The van der Waals surface area contributed by atoms with Crippen LogP contribution >= 0.6 is 0 Å². The molecule has 0 radical (unpaired) electrons. The van der Waals surface area contributed by atoms with Gasteiger partial charge in [-0.05, 0) is 107 Å². The lowest BCUT2D eigenvalue weighted by Gasteiger charge is -2.40. The fourth-order valence-electron chi connectivity index (χ4n) is 7.86. The predicted molar refractivity (Wildman–Crippen MR) is 184 cm³/mol. The standard InChI is InChI=1S/C40H40O10/c1-21-36(22-6-10-28(41)32(16-22)45-2)50-39(25-9-13-31(44)35(19-25)48-5)40(21)15-14-26-27(20-40)38(24-8-12-30(43)34(18-24)47-4)49-37(26)23-7-11-29(42)33(17-23)46-3/h6-13,16-19,36-39,41-44H,1,14-15,20H2,2-5H3/t36-,37-,38+,39-,40+/m0/s1. The number of phenolic OH excluding ortho intramolecular Hbond substituents is 4. The van der Waals surface area contributed by atoms with Gasteiger partial charge in [-0.1, -0.05) is 30.8 Å². The second-order valence-electron chi connectivity index (χ2n) is 12.9. The van der Waals surface area contributed by atoms with E-state index < -0.39 is 29.8 Å². The zero-order chi connectivity index (χ0) is 35.3. The number of aromatic hydroxyl groups is 4. The first kappa shape index (κ1) is 33.2. The van der Waals surface area contributed by atoms with Crippen molar-refractivity contribution >= 4 is 0 Å². The lowest BCUT2D eigenvalue weighted by molar-refractivity contribution is 0.00312. The maximum Gasteiger partial charge on any atom is 0.160 e. The first-order valence-electron chi connectivity index (χ1n) is 16.3. The van der Waals surface area contributed by atoms with Gasteiger partial charge in [0.25, 0.3) is 0 Å². The lowest BCUT2D eigenvalue weighted by atomic mass is 9.62. The molecule has 0 amide bonds. The van der Waals surface area contributed by atoms with E-state index in [1.54, 1.807) is 48.5 Å². The number of rotatable bonds is 8. The van der Waals surface area contributed by atoms with Gasteiger partial charge in [-0.25, -0.2) is 0 Å². The van der Waals surface area contributed by atoms with E-state index in [9.17, 15) is 20.4 Å². The molecule has 1 spiro atoms. The molecule has 0 aromatic heterocycles. The SMILES string of the molecule is C=C1[C@@H](c2ccc(O)c(OC)c2)O[C@@H](c2ccc(O)c(OC)c2)[C@@]12CCC1=C(C2)[C@@H](c2ccc(O)c(OC)c2)O[C@H]1c1ccc(O)c(OC)c1. The van der Waals surface area contributed by atoms with Gasteiger partial charge in [0, 0.05) is 5.41 Å². The number of benzene rings is 4. The summed E-state index contributed by atoms with van der Waals surface area (Å²) in [5.41, 5.74) is 5.67. The molecular weight excluding hydrogens is 640 g/mol. The van der Waals surface area contributed by atoms with E-state index in [0.29, 0.717) is 42.3 Å². The molecule has 4 aromatic rings. The summed E-state index contributed by atoms with van der Waals surface area (Å²) in [5, 5.41) is 41.7. The highest BCUT2D eigenvalue weighted by Crippen LogP contribution is 2.67. The lowest BCUT2D eigenvalue weighted by Crippen LogP contribution is -2.31. The number of hydrogen-bond donors (Lipinski definition) is 4. The number of hydrogen-bond acceptors (Lipinski definition) is 10. The smallest absolute Gasteiger partial charge is 0.160 e. The van der Waals surface area contributed by atoms with Crippen LogP contribution in [0.5, 0.6) is 46.0 Å². The third-order valence-electron chi connectivity index (χ3n) is 10.4. The van der Waals surface area contributed by atoms with Gasteiger partial charge in [0.15, 0.2) is 46.0 Å². The first-order valence-corrected chi connectivity index (χ1v) is 16.3. The van der Waals surface area contributed by atoms with Crippen LogP contribution < -0.4 is 18.9 Å². The highest BCUT2D eigenvalue weighted by molar-refractivity contribution is 5.53. The summed E-state index contributed by atoms with van der Waals surface area (Å²) in [7, 11) is 6.04. The molecular formula is C40H40O10. The van der Waals surface area contributed by atoms with Crippen molar-refractivity contribution in [1.29, 1.82) is 0 Å². The van der Waals surface area contributed by atoms with Crippen molar-refractivity contribution in [3.63, 3.8) is 0 Å². The fraction of sp³-hybridized carbons (Fsp3) is 0.300. The monoisotopic (exact) mass is 680 g/mol. The minimum Gasteiger partial charge on any atom is -0.504 e. The molecule has 10 nitrogen and oxygen atoms in total. The van der Waals surface area contributed by atoms with Crippen molar-refractivity contribution in [3.8, 4) is 46.0 Å². The highest BCUT2D eigenvalue weighted by Gasteiger charge is 2.56. The van der Waals surface area contributed by atoms with E-state index in [1.165, 1.54) is 28.4 Å². The van der Waals surface area contributed by atoms with E-state index in [4.69, 9.17) is 35.0 Å². The summed E-state index contributed by atoms with van der Waals surface area (Å²) in [4.78, 5) is 0. The molecule has 7 rings (SSSR count). The van der Waals surface area contributed by atoms with Crippen LogP contribution in [0.4, 0.5) is 0 Å². The summed E-state index contributed by atoms with van der Waals surface area (Å²) in [6.07, 6.45) is -0.118. The Morgan fingerprint density at radius 3 is 1.42 bits per heavy atom. The number of methoxy groups -OCH3 is 4. The Kier molecular flexibility index (Phi) is 8.53. The minimum absolute atomic E-state index is 0.0216. The van der Waals surface area contributed by atoms with Gasteiger partial charge >= 0.3 is 0 Å². The molecule has 10 heteroatoms. The third kappa shape index (κ3) is 5.35. The Labute approximate surface area is 290 Å². The topological polar surface area (TPSA) is 136 Å². The Bertz CT molecular complexity index is 2000. The molecule has 5 atom stereocenters. The van der Waals surface area contributed by atoms with Gasteiger partial charge < -0.3 is 48.8 Å². The van der Waals surface area contributed by atoms with E-state index >= 15 is 0 Å². The minimum atomic E-state index is -0.624. The normalized spacial score (nSPS) is 24.4. The van der Waals surface area contributed by atoms with Crippen molar-refractivity contribution in [1.82, 2.24) is 0 Å². The first-order chi connectivity index (χ1) is 24.1. The second-order valence-corrected chi connectivity index (χ2v) is 12.9. The molecule has 0 saturated carbocycles. The van der Waals surface area contributed by atoms with Crippen molar-refractivity contribution in [3.05, 3.63) is 118 Å². The zero-order valence-electron chi connectivity index (χ0n) is 28.3. The van der Waals surface area contributed by atoms with E-state index in [2.05, 4.69) is 0 Å². The second kappa shape index (κ2) is 12.9. The molecule has 260 valence electrons. The van der Waals surface area contributed by atoms with Crippen molar-refractivity contribution in [2.24, 2.45) is 5.41 Å². The van der Waals surface area contributed by atoms with Gasteiger partial charge in [-0.2, -0.15) is 0 Å². The van der Waals surface area contributed by atoms with E-state index in [0.717, 1.165) is 39.0 Å². The van der Waals surface area contributed by atoms with Crippen LogP contribution in [0.2, 0.25) is 0 Å². The van der Waals surface area contributed by atoms with Crippen LogP contribution in [0.3, 0.4) is 0 Å². The van der Waals surface area contributed by atoms with Crippen molar-refractivity contribution in [2.45, 2.75) is 43.7 Å². The molecule has 0 unspecified atom stereocenters. The summed E-state index contributed by atoms with van der Waals surface area (Å²) in [6, 6.07) is 20.9. The molecule has 4 N–H and O–H groups in total. The maximum absolute atomic E-state index is 10.5. The van der Waals surface area contributed by atoms with E-state index in [-0.39, 0.29) is 23.0 Å². The maximum atomic E-state index is 10.5. The molecule has 50 heavy (non-hydrogen) atoms. The third-order valence-corrected chi connectivity index (χ3v) is 10.4. The molecule has 2 heterocycles. The molecule has 3 aliphatic rings. The van der Waals surface area contributed by atoms with E-state index in [1.807, 2.05) is 24.3 Å². The van der Waals surface area contributed by atoms with Gasteiger partial charge in [0.1, 0.15) is 18.3 Å². The fourth-order valence-corrected chi connectivity index (χ4v) is 7.86. The molecule has 1 saturated heterocycles. The van der Waals surface area contributed by atoms with Crippen LogP contribution in [-0.2, 0) is 9.47 Å². The van der Waals surface area contributed by atoms with Gasteiger partial charge in [0.05, 0.1) is 34.5 Å². The quantitative estimate of drug-likeness (QED) is 0.136. The summed E-state index contributed by atoms with van der Waals surface area (Å²) in [5.74, 6) is 1.44. The Balaban J connectivity index is 1.38. The van der Waals surface area contributed by atoms with Gasteiger partial charge in [0.2, 0.25) is 0 Å². The summed E-state index contributed by atoms with van der Waals surface area (Å²) < 4.78 is 35.8. The van der Waals surface area contributed by atoms with Gasteiger partial charge in [-0.3, -0.25) is 0 Å². The van der Waals surface area contributed by atoms with Crippen LogP contribution in [0.1, 0.15) is 65.9 Å². The largest absolute Gasteiger partial charge is 0.504 e. The molecule has 2 aliphatic heterocycles. The summed E-state index contributed by atoms with van der Waals surface area (Å²) in [6.45, 7) is 4.69.